The highest BCUT2D eigenvalue weighted by molar-refractivity contribution is 7.90. The zero-order valence-corrected chi connectivity index (χ0v) is 19.1. The van der Waals surface area contributed by atoms with Gasteiger partial charge in [0.2, 0.25) is 27.7 Å². The molecule has 2 aliphatic heterocycles. The van der Waals surface area contributed by atoms with E-state index in [1.54, 1.807) is 0 Å². The van der Waals surface area contributed by atoms with Crippen LogP contribution in [0.15, 0.2) is 35.6 Å². The average molecular weight is 482 g/mol. The number of rotatable bonds is 6. The molecule has 3 heterocycles. The van der Waals surface area contributed by atoms with E-state index >= 15 is 4.39 Å². The summed E-state index contributed by atoms with van der Waals surface area (Å²) in [6.07, 6.45) is 2.31. The highest BCUT2D eigenvalue weighted by atomic mass is 32.2. The van der Waals surface area contributed by atoms with Crippen molar-refractivity contribution in [2.24, 2.45) is 10.7 Å². The van der Waals surface area contributed by atoms with Gasteiger partial charge in [0, 0.05) is 19.7 Å². The molecule has 0 amide bonds. The molecule has 1 fully saturated rings. The number of nitrogens with zero attached hydrogens (tertiary/aromatic N) is 4. The molecule has 2 N–H and O–H groups in total. The second-order valence-electron chi connectivity index (χ2n) is 7.66. The van der Waals surface area contributed by atoms with Gasteiger partial charge in [0.05, 0.1) is 38.8 Å². The van der Waals surface area contributed by atoms with Crippen LogP contribution < -0.4 is 15.2 Å². The van der Waals surface area contributed by atoms with Gasteiger partial charge in [-0.1, -0.05) is 0 Å². The molecule has 0 unspecified atom stereocenters. The number of methoxy groups -OCH3 is 2. The molecule has 11 nitrogen and oxygen atoms in total. The van der Waals surface area contributed by atoms with Gasteiger partial charge in [-0.3, -0.25) is 4.98 Å². The summed E-state index contributed by atoms with van der Waals surface area (Å²) >= 11 is 0. The van der Waals surface area contributed by atoms with Crippen LogP contribution in [-0.2, 0) is 25.0 Å². The van der Waals surface area contributed by atoms with Gasteiger partial charge in [-0.2, -0.15) is 4.98 Å². The van der Waals surface area contributed by atoms with Crippen molar-refractivity contribution in [2.45, 2.75) is 23.3 Å². The molecule has 2 aromatic rings. The Morgan fingerprint density at radius 3 is 2.79 bits per heavy atom. The van der Waals surface area contributed by atoms with Crippen molar-refractivity contribution >= 4 is 16.0 Å². The van der Waals surface area contributed by atoms with Crippen LogP contribution in [0.5, 0.6) is 17.5 Å². The van der Waals surface area contributed by atoms with Crippen LogP contribution in [0.3, 0.4) is 0 Å². The Bertz CT molecular complexity index is 1180. The molecule has 0 bridgehead atoms. The zero-order valence-electron chi connectivity index (χ0n) is 18.3. The summed E-state index contributed by atoms with van der Waals surface area (Å²) in [4.78, 5) is 12.5. The van der Waals surface area contributed by atoms with E-state index in [2.05, 4.69) is 15.0 Å². The lowest BCUT2D eigenvalue weighted by Crippen LogP contribution is -2.62. The first-order valence-corrected chi connectivity index (χ1v) is 11.5. The van der Waals surface area contributed by atoms with E-state index < -0.39 is 32.7 Å². The Morgan fingerprint density at radius 1 is 1.30 bits per heavy atom. The van der Waals surface area contributed by atoms with Gasteiger partial charge in [-0.25, -0.2) is 22.1 Å². The number of aromatic nitrogens is 2. The molecule has 33 heavy (non-hydrogen) atoms. The smallest absolute Gasteiger partial charge is 0.243 e. The van der Waals surface area contributed by atoms with E-state index in [4.69, 9.17) is 24.7 Å². The number of ether oxygens (including phenoxy) is 4. The van der Waals surface area contributed by atoms with Gasteiger partial charge in [-0.15, -0.1) is 0 Å². The predicted molar refractivity (Wildman–Crippen MR) is 115 cm³/mol. The van der Waals surface area contributed by atoms with Crippen LogP contribution in [0.2, 0.25) is 0 Å². The Hall–Kier alpha value is -3.03. The lowest BCUT2D eigenvalue weighted by atomic mass is 9.82. The summed E-state index contributed by atoms with van der Waals surface area (Å²) in [7, 11) is 0.272. The van der Waals surface area contributed by atoms with E-state index in [0.717, 1.165) is 4.31 Å². The van der Waals surface area contributed by atoms with Crippen LogP contribution in [0, 0.1) is 5.82 Å². The molecule has 3 atom stereocenters. The molecule has 2 aliphatic rings. The summed E-state index contributed by atoms with van der Waals surface area (Å²) in [6.45, 7) is -0.0239. The maximum Gasteiger partial charge on any atom is 0.243 e. The minimum atomic E-state index is -3.97. The summed E-state index contributed by atoms with van der Waals surface area (Å²) in [6, 6.07) is 3.93. The van der Waals surface area contributed by atoms with Crippen LogP contribution in [0.1, 0.15) is 12.0 Å². The molecule has 178 valence electrons. The second kappa shape index (κ2) is 8.72. The fraction of sp³-hybridized carbons (Fsp3) is 0.450. The zero-order chi connectivity index (χ0) is 23.8. The molecule has 1 saturated heterocycles. The Morgan fingerprint density at radius 2 is 2.06 bits per heavy atom. The van der Waals surface area contributed by atoms with Crippen molar-refractivity contribution in [3.8, 4) is 17.5 Å². The molecule has 1 aromatic carbocycles. The molecule has 13 heteroatoms. The number of nitrogens with two attached hydrogens (primary N) is 1. The molecule has 0 saturated carbocycles. The summed E-state index contributed by atoms with van der Waals surface area (Å²) in [5, 5.41) is -1.13. The quantitative estimate of drug-likeness (QED) is 0.640. The van der Waals surface area contributed by atoms with E-state index in [9.17, 15) is 8.42 Å². The van der Waals surface area contributed by atoms with Crippen molar-refractivity contribution in [1.82, 2.24) is 14.3 Å². The highest BCUT2D eigenvalue weighted by Crippen LogP contribution is 2.45. The monoisotopic (exact) mass is 481 g/mol. The van der Waals surface area contributed by atoms with Gasteiger partial charge in [-0.05, 0) is 24.6 Å². The maximum absolute atomic E-state index is 15.2. The molecule has 0 radical (unpaired) electrons. The molecule has 0 spiro atoms. The molecular weight excluding hydrogens is 457 g/mol. The minimum Gasteiger partial charge on any atom is -0.480 e. The number of sulfonamides is 1. The van der Waals surface area contributed by atoms with E-state index in [1.165, 1.54) is 51.9 Å². The van der Waals surface area contributed by atoms with E-state index in [0.29, 0.717) is 0 Å². The number of benzene rings is 1. The van der Waals surface area contributed by atoms with Gasteiger partial charge in [0.25, 0.3) is 0 Å². The Balaban J connectivity index is 1.80. The fourth-order valence-electron chi connectivity index (χ4n) is 4.02. The standard InChI is InChI=1S/C20H24FN5O6S/c1-26-19(22)25-20(11-31-13(10-29-2)7-16(20)33(26,27)28)14-6-12(4-5-15(14)21)32-18-9-23-8-17(24-18)30-3/h4-6,8-9,13,16H,7,10-11H2,1-3H3,(H2,22,25)/t13-,16-,20-/m1/s1. The van der Waals surface area contributed by atoms with Gasteiger partial charge >= 0.3 is 0 Å². The first kappa shape index (κ1) is 23.1. The summed E-state index contributed by atoms with van der Waals surface area (Å²) in [5.74, 6) is -0.387. The number of guanidine groups is 1. The minimum absolute atomic E-state index is 0.0173. The lowest BCUT2D eigenvalue weighted by molar-refractivity contribution is -0.0611. The van der Waals surface area contributed by atoms with E-state index in [-0.39, 0.29) is 48.7 Å². The first-order valence-electron chi connectivity index (χ1n) is 9.99. The van der Waals surface area contributed by atoms with Crippen LogP contribution >= 0.6 is 0 Å². The SMILES string of the molecule is COC[C@H]1C[C@@H]2[C@](c3cc(Oc4cncc(OC)n4)ccc3F)(CO1)N=C(N)N(C)S2(=O)=O. The van der Waals surface area contributed by atoms with Gasteiger partial charge in [0.15, 0.2) is 0 Å². The summed E-state index contributed by atoms with van der Waals surface area (Å²) in [5.41, 5.74) is 4.33. The number of hydrogen-bond donors (Lipinski definition) is 1. The molecule has 0 aliphatic carbocycles. The normalized spacial score (nSPS) is 26.3. The van der Waals surface area contributed by atoms with Crippen molar-refractivity contribution < 1.29 is 31.8 Å². The predicted octanol–water partition coefficient (Wildman–Crippen LogP) is 1.01. The maximum atomic E-state index is 15.2. The molecular formula is C20H24FN5O6S. The van der Waals surface area contributed by atoms with Crippen LogP contribution in [0.4, 0.5) is 4.39 Å². The summed E-state index contributed by atoms with van der Waals surface area (Å²) < 4.78 is 64.5. The van der Waals surface area contributed by atoms with Gasteiger partial charge in [0.1, 0.15) is 22.4 Å². The fourth-order valence-corrected chi connectivity index (χ4v) is 5.90. The molecule has 4 rings (SSSR count). The third-order valence-electron chi connectivity index (χ3n) is 5.71. The van der Waals surface area contributed by atoms with Crippen molar-refractivity contribution in [3.63, 3.8) is 0 Å². The third-order valence-corrected chi connectivity index (χ3v) is 7.96. The van der Waals surface area contributed by atoms with Gasteiger partial charge < -0.3 is 24.7 Å². The average Bonchev–Trinajstić information content (AvgIpc) is 2.80. The number of fused-ring (bicyclic) bond motifs is 1. The topological polar surface area (TPSA) is 138 Å². The van der Waals surface area contributed by atoms with Crippen LogP contribution in [0.25, 0.3) is 0 Å². The number of aliphatic imine (C=N–C) groups is 1. The van der Waals surface area contributed by atoms with E-state index in [1.807, 2.05) is 0 Å². The highest BCUT2D eigenvalue weighted by Gasteiger charge is 2.57. The first-order chi connectivity index (χ1) is 15.7. The second-order valence-corrected chi connectivity index (χ2v) is 9.81. The number of halogens is 1. The Kier molecular flexibility index (Phi) is 6.12. The van der Waals surface area contributed by atoms with Crippen LogP contribution in [-0.4, -0.2) is 74.5 Å². The van der Waals surface area contributed by atoms with Crippen molar-refractivity contribution in [2.75, 3.05) is 34.5 Å². The van der Waals surface area contributed by atoms with Crippen molar-refractivity contribution in [3.05, 3.63) is 42.0 Å². The third kappa shape index (κ3) is 4.07. The molecule has 1 aromatic heterocycles. The Labute approximate surface area is 190 Å². The van der Waals surface area contributed by atoms with Crippen molar-refractivity contribution in [1.29, 1.82) is 0 Å². The largest absolute Gasteiger partial charge is 0.480 e. The lowest BCUT2D eigenvalue weighted by Gasteiger charge is -2.47. The number of hydrogen-bond acceptors (Lipinski definition) is 10.